The van der Waals surface area contributed by atoms with Crippen molar-refractivity contribution in [3.63, 3.8) is 0 Å². The molecule has 0 aromatic heterocycles. The summed E-state index contributed by atoms with van der Waals surface area (Å²) in [6.07, 6.45) is 18.4. The van der Waals surface area contributed by atoms with Crippen molar-refractivity contribution in [3.8, 4) is 0 Å². The van der Waals surface area contributed by atoms with E-state index in [1.54, 1.807) is 13.0 Å². The molecular formula is C30H47N2O2+. The standard InChI is InChI=1S/C30H47N2O2/c1-10-25(5)32(23-19-15-16-20-27(7)33)30(11-2)22-18-14-17-21-28(8)34-29(9)24-26(6)31(12-3)13-4/h10,14,17-18,21-22,24H,1,5-6,11-13,15-16,19-20,23H2,2-4,7-9H3/q+1/b17-14+,22-18+,28-21+,29-24+,32-30?. The van der Waals surface area contributed by atoms with Crippen LogP contribution in [-0.4, -0.2) is 40.6 Å². The van der Waals surface area contributed by atoms with Gasteiger partial charge in [-0.2, -0.15) is 4.58 Å². The maximum absolute atomic E-state index is 11.1. The Labute approximate surface area is 209 Å². The lowest BCUT2D eigenvalue weighted by Crippen LogP contribution is -2.20. The molecule has 0 aliphatic carbocycles. The Morgan fingerprint density at radius 3 is 2.18 bits per heavy atom. The van der Waals surface area contributed by atoms with Crippen LogP contribution in [0.2, 0.25) is 0 Å². The molecule has 0 heterocycles. The van der Waals surface area contributed by atoms with Crippen molar-refractivity contribution in [2.24, 2.45) is 0 Å². The van der Waals surface area contributed by atoms with Gasteiger partial charge in [-0.3, -0.25) is 0 Å². The van der Waals surface area contributed by atoms with Gasteiger partial charge in [0, 0.05) is 50.2 Å². The lowest BCUT2D eigenvalue weighted by Gasteiger charge is -2.21. The third-order valence-corrected chi connectivity index (χ3v) is 5.41. The van der Waals surface area contributed by atoms with E-state index in [0.29, 0.717) is 6.42 Å². The number of carbonyl (C=O) groups is 1. The van der Waals surface area contributed by atoms with E-state index in [9.17, 15) is 4.79 Å². The summed E-state index contributed by atoms with van der Waals surface area (Å²) >= 11 is 0. The van der Waals surface area contributed by atoms with Crippen molar-refractivity contribution in [3.05, 3.63) is 85.2 Å². The van der Waals surface area contributed by atoms with Gasteiger partial charge in [0.1, 0.15) is 23.8 Å². The van der Waals surface area contributed by atoms with Gasteiger partial charge in [-0.25, -0.2) is 0 Å². The minimum Gasteiger partial charge on any atom is -0.467 e. The molecular weight excluding hydrogens is 420 g/mol. The third kappa shape index (κ3) is 13.6. The zero-order valence-corrected chi connectivity index (χ0v) is 22.5. The summed E-state index contributed by atoms with van der Waals surface area (Å²) in [7, 11) is 0. The number of ketones is 1. The summed E-state index contributed by atoms with van der Waals surface area (Å²) in [6.45, 7) is 26.8. The zero-order chi connectivity index (χ0) is 25.9. The summed E-state index contributed by atoms with van der Waals surface area (Å²) in [4.78, 5) is 13.3. The Bertz CT molecular complexity index is 834. The molecule has 0 aliphatic rings. The van der Waals surface area contributed by atoms with Crippen LogP contribution in [0.15, 0.2) is 85.2 Å². The Morgan fingerprint density at radius 1 is 0.941 bits per heavy atom. The zero-order valence-electron chi connectivity index (χ0n) is 22.5. The molecule has 0 saturated carbocycles. The van der Waals surface area contributed by atoms with Crippen molar-refractivity contribution >= 4 is 11.5 Å². The first-order chi connectivity index (χ1) is 16.2. The highest BCUT2D eigenvalue weighted by molar-refractivity contribution is 5.91. The van der Waals surface area contributed by atoms with E-state index in [4.69, 9.17) is 4.74 Å². The predicted octanol–water partition coefficient (Wildman–Crippen LogP) is 7.49. The van der Waals surface area contributed by atoms with Crippen molar-refractivity contribution in [1.82, 2.24) is 4.90 Å². The number of hydrogen-bond donors (Lipinski definition) is 0. The second kappa shape index (κ2) is 18.5. The van der Waals surface area contributed by atoms with E-state index in [-0.39, 0.29) is 5.78 Å². The number of rotatable bonds is 18. The molecule has 4 nitrogen and oxygen atoms in total. The minimum atomic E-state index is 0.258. The van der Waals surface area contributed by atoms with Crippen LogP contribution in [0.3, 0.4) is 0 Å². The summed E-state index contributed by atoms with van der Waals surface area (Å²) in [5, 5.41) is 0. The Kier molecular flexibility index (Phi) is 17.0. The Morgan fingerprint density at radius 2 is 1.62 bits per heavy atom. The molecule has 0 aromatic rings. The smallest absolute Gasteiger partial charge is 0.197 e. The highest BCUT2D eigenvalue weighted by Crippen LogP contribution is 2.11. The second-order valence-corrected chi connectivity index (χ2v) is 8.25. The molecule has 0 rings (SSSR count). The first-order valence-electron chi connectivity index (χ1n) is 12.5. The van der Waals surface area contributed by atoms with E-state index in [2.05, 4.69) is 56.1 Å². The molecule has 0 aromatic carbocycles. The van der Waals surface area contributed by atoms with Crippen LogP contribution in [0.5, 0.6) is 0 Å². The van der Waals surface area contributed by atoms with Gasteiger partial charge in [0.05, 0.1) is 0 Å². The number of ether oxygens (including phenoxy) is 1. The van der Waals surface area contributed by atoms with Crippen molar-refractivity contribution < 1.29 is 14.1 Å². The summed E-state index contributed by atoms with van der Waals surface area (Å²) < 4.78 is 8.09. The number of allylic oxidation sites excluding steroid dienone is 9. The predicted molar refractivity (Wildman–Crippen MR) is 148 cm³/mol. The van der Waals surface area contributed by atoms with E-state index in [1.165, 1.54) is 5.71 Å². The molecule has 0 N–H and O–H groups in total. The van der Waals surface area contributed by atoms with E-state index < -0.39 is 0 Å². The quantitative estimate of drug-likeness (QED) is 0.0688. The Balaban J connectivity index is 5.12. The second-order valence-electron chi connectivity index (χ2n) is 8.25. The fraction of sp³-hybridized carbons (Fsp3) is 0.467. The summed E-state index contributed by atoms with van der Waals surface area (Å²) in [5.41, 5.74) is 3.04. The molecule has 0 amide bonds. The highest BCUT2D eigenvalue weighted by Gasteiger charge is 2.13. The number of nitrogens with zero attached hydrogens (tertiary/aromatic N) is 2. The van der Waals surface area contributed by atoms with Gasteiger partial charge in [0.2, 0.25) is 0 Å². The molecule has 0 spiro atoms. The monoisotopic (exact) mass is 467 g/mol. The highest BCUT2D eigenvalue weighted by atomic mass is 16.5. The molecule has 34 heavy (non-hydrogen) atoms. The number of carbonyl (C=O) groups excluding carboxylic acids is 1. The van der Waals surface area contributed by atoms with Crippen LogP contribution in [0.1, 0.15) is 73.6 Å². The lowest BCUT2D eigenvalue weighted by molar-refractivity contribution is -0.472. The topological polar surface area (TPSA) is 32.5 Å². The van der Waals surface area contributed by atoms with Gasteiger partial charge in [-0.15, -0.1) is 0 Å². The van der Waals surface area contributed by atoms with Crippen LogP contribution < -0.4 is 0 Å². The van der Waals surface area contributed by atoms with E-state index in [1.807, 2.05) is 44.2 Å². The fourth-order valence-corrected chi connectivity index (χ4v) is 3.50. The fourth-order valence-electron chi connectivity index (χ4n) is 3.50. The first kappa shape index (κ1) is 31.1. The maximum Gasteiger partial charge on any atom is 0.197 e. The molecule has 0 atom stereocenters. The van der Waals surface area contributed by atoms with E-state index >= 15 is 0 Å². The minimum absolute atomic E-state index is 0.258. The third-order valence-electron chi connectivity index (χ3n) is 5.41. The average Bonchev–Trinajstić information content (AvgIpc) is 2.79. The van der Waals surface area contributed by atoms with Crippen molar-refractivity contribution in [1.29, 1.82) is 0 Å². The van der Waals surface area contributed by atoms with Gasteiger partial charge >= 0.3 is 0 Å². The molecule has 0 radical (unpaired) electrons. The number of hydrogen-bond acceptors (Lipinski definition) is 3. The average molecular weight is 468 g/mol. The maximum atomic E-state index is 11.1. The number of likely N-dealkylation sites (N-methyl/N-ethyl adjacent to an activating group) is 1. The lowest BCUT2D eigenvalue weighted by atomic mass is 10.1. The normalized spacial score (nSPS) is 13.2. The van der Waals surface area contributed by atoms with Crippen LogP contribution in [0.4, 0.5) is 0 Å². The summed E-state index contributed by atoms with van der Waals surface area (Å²) in [6, 6.07) is 0. The molecule has 188 valence electrons. The SMILES string of the molecule is C=CC(=C)[N+](CCCCCC(C)=O)=C(/C=C/C=C/C=C(\C)O/C(C)=C/C(=C)N(CC)CC)CC. The molecule has 0 aliphatic heterocycles. The molecule has 0 fully saturated rings. The van der Waals surface area contributed by atoms with Gasteiger partial charge in [0.25, 0.3) is 0 Å². The van der Waals surface area contributed by atoms with E-state index in [0.717, 1.165) is 68.2 Å². The van der Waals surface area contributed by atoms with Crippen molar-refractivity contribution in [2.45, 2.75) is 73.6 Å². The van der Waals surface area contributed by atoms with Gasteiger partial charge in [0.15, 0.2) is 11.4 Å². The molecule has 0 saturated heterocycles. The van der Waals surface area contributed by atoms with Gasteiger partial charge in [-0.1, -0.05) is 38.3 Å². The van der Waals surface area contributed by atoms with Crippen LogP contribution >= 0.6 is 0 Å². The van der Waals surface area contributed by atoms with Crippen molar-refractivity contribution in [2.75, 3.05) is 19.6 Å². The van der Waals surface area contributed by atoms with Gasteiger partial charge < -0.3 is 14.4 Å². The largest absolute Gasteiger partial charge is 0.467 e. The van der Waals surface area contributed by atoms with Gasteiger partial charge in [-0.05, 0) is 66.2 Å². The Hall–Kier alpha value is -2.88. The molecule has 4 heteroatoms. The van der Waals surface area contributed by atoms with Crippen LogP contribution in [-0.2, 0) is 9.53 Å². The first-order valence-corrected chi connectivity index (χ1v) is 12.5. The number of Topliss-reactive ketones (excluding diaryl/α,β-unsaturated/α-hetero) is 1. The molecule has 0 bridgehead atoms. The summed E-state index contributed by atoms with van der Waals surface area (Å²) in [5.74, 6) is 1.89. The number of unbranched alkanes of at least 4 members (excludes halogenated alkanes) is 2. The van der Waals surface area contributed by atoms with Crippen LogP contribution in [0, 0.1) is 0 Å². The molecule has 0 unspecified atom stereocenters. The van der Waals surface area contributed by atoms with Crippen LogP contribution in [0.25, 0.3) is 0 Å².